The molecule has 2 aromatic heterocycles. The van der Waals surface area contributed by atoms with E-state index in [1.54, 1.807) is 0 Å². The first-order chi connectivity index (χ1) is 9.31. The van der Waals surface area contributed by atoms with E-state index in [2.05, 4.69) is 14.7 Å². The van der Waals surface area contributed by atoms with Gasteiger partial charge in [0.25, 0.3) is 10.0 Å². The average molecular weight is 299 g/mol. The number of H-pyrrole nitrogens is 1. The summed E-state index contributed by atoms with van der Waals surface area (Å²) < 4.78 is 39.1. The number of hydrogen-bond donors (Lipinski definition) is 3. The summed E-state index contributed by atoms with van der Waals surface area (Å²) in [6, 6.07) is 0.787. The van der Waals surface area contributed by atoms with E-state index in [0.29, 0.717) is 5.69 Å². The number of aryl methyl sites for hydroxylation is 1. The molecule has 0 saturated heterocycles. The van der Waals surface area contributed by atoms with E-state index in [-0.39, 0.29) is 11.3 Å². The van der Waals surface area contributed by atoms with Crippen molar-refractivity contribution in [1.29, 1.82) is 0 Å². The van der Waals surface area contributed by atoms with E-state index in [4.69, 9.17) is 5.11 Å². The van der Waals surface area contributed by atoms with E-state index < -0.39 is 26.7 Å². The standard InChI is InChI=1S/C11H10FN3O4S/c1-6-10(11(16)17)9(5-14-6)15-20(18,19)8-2-7(12)3-13-4-8/h2-5,14-15H,1H3,(H,16,17). The van der Waals surface area contributed by atoms with Gasteiger partial charge in [-0.2, -0.15) is 0 Å². The zero-order valence-electron chi connectivity index (χ0n) is 10.2. The van der Waals surface area contributed by atoms with Gasteiger partial charge in [-0.05, 0) is 13.0 Å². The first kappa shape index (κ1) is 14.0. The third-order valence-corrected chi connectivity index (χ3v) is 3.86. The van der Waals surface area contributed by atoms with Crippen LogP contribution >= 0.6 is 0 Å². The fourth-order valence-electron chi connectivity index (χ4n) is 1.63. The van der Waals surface area contributed by atoms with Crippen LogP contribution in [0.2, 0.25) is 0 Å². The van der Waals surface area contributed by atoms with Crippen molar-refractivity contribution in [3.63, 3.8) is 0 Å². The second kappa shape index (κ2) is 4.93. The fraction of sp³-hybridized carbons (Fsp3) is 0.0909. The molecule has 0 amide bonds. The predicted molar refractivity (Wildman–Crippen MR) is 67.5 cm³/mol. The second-order valence-corrected chi connectivity index (χ2v) is 5.63. The summed E-state index contributed by atoms with van der Waals surface area (Å²) in [5, 5.41) is 9.02. The monoisotopic (exact) mass is 299 g/mol. The lowest BCUT2D eigenvalue weighted by Crippen LogP contribution is -2.15. The summed E-state index contributed by atoms with van der Waals surface area (Å²) in [5.41, 5.74) is -0.0234. The van der Waals surface area contributed by atoms with Gasteiger partial charge in [0.2, 0.25) is 0 Å². The van der Waals surface area contributed by atoms with Gasteiger partial charge < -0.3 is 10.1 Å². The normalized spacial score (nSPS) is 11.3. The van der Waals surface area contributed by atoms with Crippen LogP contribution in [0.4, 0.5) is 10.1 Å². The minimum atomic E-state index is -4.11. The van der Waals surface area contributed by atoms with Crippen LogP contribution in [0.1, 0.15) is 16.1 Å². The Hall–Kier alpha value is -2.42. The predicted octanol–water partition coefficient (Wildman–Crippen LogP) is 1.36. The van der Waals surface area contributed by atoms with Crippen molar-refractivity contribution in [2.45, 2.75) is 11.8 Å². The van der Waals surface area contributed by atoms with Crippen LogP contribution in [-0.2, 0) is 10.0 Å². The number of aromatic nitrogens is 2. The molecule has 0 atom stereocenters. The van der Waals surface area contributed by atoms with Gasteiger partial charge in [-0.15, -0.1) is 0 Å². The minimum Gasteiger partial charge on any atom is -0.478 e. The molecule has 0 fully saturated rings. The Morgan fingerprint density at radius 2 is 2.15 bits per heavy atom. The van der Waals surface area contributed by atoms with Gasteiger partial charge in [-0.3, -0.25) is 9.71 Å². The van der Waals surface area contributed by atoms with E-state index >= 15 is 0 Å². The fourth-order valence-corrected chi connectivity index (χ4v) is 2.66. The van der Waals surface area contributed by atoms with Crippen molar-refractivity contribution in [3.05, 3.63) is 41.7 Å². The molecule has 3 N–H and O–H groups in total. The van der Waals surface area contributed by atoms with Crippen LogP contribution in [0.25, 0.3) is 0 Å². The molecule has 20 heavy (non-hydrogen) atoms. The van der Waals surface area contributed by atoms with Crippen molar-refractivity contribution in [1.82, 2.24) is 9.97 Å². The molecule has 7 nitrogen and oxygen atoms in total. The highest BCUT2D eigenvalue weighted by Crippen LogP contribution is 2.22. The van der Waals surface area contributed by atoms with Crippen LogP contribution in [-0.4, -0.2) is 29.5 Å². The summed E-state index contributed by atoms with van der Waals surface area (Å²) in [5.74, 6) is -2.09. The largest absolute Gasteiger partial charge is 0.478 e. The van der Waals surface area contributed by atoms with Crippen LogP contribution in [0.3, 0.4) is 0 Å². The Bertz CT molecular complexity index is 770. The highest BCUT2D eigenvalue weighted by atomic mass is 32.2. The molecule has 9 heteroatoms. The van der Waals surface area contributed by atoms with Gasteiger partial charge in [0.05, 0.1) is 11.9 Å². The van der Waals surface area contributed by atoms with E-state index in [1.807, 2.05) is 0 Å². The summed E-state index contributed by atoms with van der Waals surface area (Å²) in [4.78, 5) is 16.7. The number of aromatic carboxylic acids is 1. The number of rotatable bonds is 4. The van der Waals surface area contributed by atoms with E-state index in [0.717, 1.165) is 18.5 Å². The number of sulfonamides is 1. The third-order valence-electron chi connectivity index (χ3n) is 2.53. The van der Waals surface area contributed by atoms with Crippen LogP contribution in [0.5, 0.6) is 0 Å². The smallest absolute Gasteiger partial charge is 0.339 e. The summed E-state index contributed by atoms with van der Waals surface area (Å²) in [7, 11) is -4.11. The molecule has 106 valence electrons. The average Bonchev–Trinajstić information content (AvgIpc) is 2.69. The molecular weight excluding hydrogens is 289 g/mol. The number of nitrogens with zero attached hydrogens (tertiary/aromatic N) is 1. The minimum absolute atomic E-state index is 0.126. The Morgan fingerprint density at radius 1 is 1.45 bits per heavy atom. The van der Waals surface area contributed by atoms with Gasteiger partial charge in [0.1, 0.15) is 16.3 Å². The second-order valence-electron chi connectivity index (χ2n) is 3.95. The number of pyridine rings is 1. The zero-order valence-corrected chi connectivity index (χ0v) is 11.0. The van der Waals surface area contributed by atoms with Gasteiger partial charge in [0.15, 0.2) is 0 Å². The lowest BCUT2D eigenvalue weighted by molar-refractivity contribution is 0.0697. The number of carboxylic acid groups (broad SMARTS) is 1. The first-order valence-corrected chi connectivity index (χ1v) is 6.84. The maximum absolute atomic E-state index is 13.0. The topological polar surface area (TPSA) is 112 Å². The molecule has 2 heterocycles. The molecular formula is C11H10FN3O4S. The maximum Gasteiger partial charge on any atom is 0.339 e. The summed E-state index contributed by atoms with van der Waals surface area (Å²) >= 11 is 0. The number of aromatic amines is 1. The highest BCUT2D eigenvalue weighted by Gasteiger charge is 2.21. The van der Waals surface area contributed by atoms with Crippen LogP contribution in [0.15, 0.2) is 29.6 Å². The molecule has 0 saturated carbocycles. The van der Waals surface area contributed by atoms with Crippen molar-refractivity contribution in [3.8, 4) is 0 Å². The van der Waals surface area contributed by atoms with Crippen molar-refractivity contribution in [2.24, 2.45) is 0 Å². The third kappa shape index (κ3) is 2.62. The Balaban J connectivity index is 2.41. The van der Waals surface area contributed by atoms with Crippen LogP contribution in [0, 0.1) is 12.7 Å². The van der Waals surface area contributed by atoms with E-state index in [1.165, 1.54) is 13.1 Å². The highest BCUT2D eigenvalue weighted by molar-refractivity contribution is 7.92. The first-order valence-electron chi connectivity index (χ1n) is 5.36. The number of nitrogens with one attached hydrogen (secondary N) is 2. The molecule has 2 aromatic rings. The van der Waals surface area contributed by atoms with Gasteiger partial charge in [-0.1, -0.05) is 0 Å². The quantitative estimate of drug-likeness (QED) is 0.789. The number of carbonyl (C=O) groups is 1. The summed E-state index contributed by atoms with van der Waals surface area (Å²) in [6.07, 6.45) is 3.04. The molecule has 0 radical (unpaired) electrons. The van der Waals surface area contributed by atoms with Gasteiger partial charge in [0, 0.05) is 18.1 Å². The van der Waals surface area contributed by atoms with Gasteiger partial charge >= 0.3 is 5.97 Å². The maximum atomic E-state index is 13.0. The molecule has 0 aliphatic carbocycles. The number of anilines is 1. The number of halogens is 1. The lowest BCUT2D eigenvalue weighted by atomic mass is 10.2. The molecule has 0 aliphatic rings. The molecule has 0 aliphatic heterocycles. The molecule has 0 aromatic carbocycles. The van der Waals surface area contributed by atoms with Crippen LogP contribution < -0.4 is 4.72 Å². The SMILES string of the molecule is Cc1[nH]cc(NS(=O)(=O)c2cncc(F)c2)c1C(=O)O. The van der Waals surface area contributed by atoms with Gasteiger partial charge in [-0.25, -0.2) is 17.6 Å². The number of carboxylic acids is 1. The molecule has 2 rings (SSSR count). The van der Waals surface area contributed by atoms with Crippen molar-refractivity contribution in [2.75, 3.05) is 4.72 Å². The molecule has 0 unspecified atom stereocenters. The molecule has 0 bridgehead atoms. The van der Waals surface area contributed by atoms with E-state index in [9.17, 15) is 17.6 Å². The van der Waals surface area contributed by atoms with Crippen molar-refractivity contribution < 1.29 is 22.7 Å². The Labute approximate surface area is 113 Å². The Kier molecular flexibility index (Phi) is 3.45. The Morgan fingerprint density at radius 3 is 2.75 bits per heavy atom. The zero-order chi connectivity index (χ0) is 14.9. The summed E-state index contributed by atoms with van der Waals surface area (Å²) in [6.45, 7) is 1.49. The molecule has 0 spiro atoms. The lowest BCUT2D eigenvalue weighted by Gasteiger charge is -2.07. The number of hydrogen-bond acceptors (Lipinski definition) is 4. The van der Waals surface area contributed by atoms with Crippen molar-refractivity contribution >= 4 is 21.7 Å².